The molecule has 0 amide bonds. The second-order valence-electron chi connectivity index (χ2n) is 8.99. The highest BCUT2D eigenvalue weighted by molar-refractivity contribution is 5.30. The Morgan fingerprint density at radius 3 is 1.88 bits per heavy atom. The first-order valence-electron chi connectivity index (χ1n) is 8.78. The van der Waals surface area contributed by atoms with Gasteiger partial charge in [-0.2, -0.15) is 0 Å². The van der Waals surface area contributed by atoms with E-state index in [-0.39, 0.29) is 29.4 Å². The Labute approximate surface area is 153 Å². The van der Waals surface area contributed by atoms with Crippen LogP contribution < -0.4 is 0 Å². The summed E-state index contributed by atoms with van der Waals surface area (Å²) in [5.74, 6) is -2.06. The minimum absolute atomic E-state index is 0.0859. The van der Waals surface area contributed by atoms with E-state index in [1.807, 2.05) is 34.6 Å². The first kappa shape index (κ1) is 20.5. The van der Waals surface area contributed by atoms with Crippen molar-refractivity contribution in [3.8, 4) is 0 Å². The molecule has 142 valence electrons. The van der Waals surface area contributed by atoms with Crippen LogP contribution in [0.4, 0.5) is 17.6 Å². The first-order valence-corrected chi connectivity index (χ1v) is 8.78. The van der Waals surface area contributed by atoms with Gasteiger partial charge < -0.3 is 0 Å². The van der Waals surface area contributed by atoms with E-state index in [2.05, 4.69) is 0 Å². The zero-order valence-corrected chi connectivity index (χ0v) is 16.0. The molecule has 26 heavy (non-hydrogen) atoms. The van der Waals surface area contributed by atoms with E-state index >= 15 is 0 Å². The molecule has 2 aromatic carbocycles. The Bertz CT molecular complexity index is 785. The predicted molar refractivity (Wildman–Crippen MR) is 97.1 cm³/mol. The lowest BCUT2D eigenvalue weighted by Gasteiger charge is -2.26. The lowest BCUT2D eigenvalue weighted by atomic mass is 9.79. The van der Waals surface area contributed by atoms with Crippen molar-refractivity contribution >= 4 is 0 Å². The standard InChI is InChI=1S/C22H26F4/c1-21(2,3)13-17-19(25)8-6-14(20(17)26)11-22(4,5)12-15-10-16(23)7-9-18(15)24/h6-10H,11-13H2,1-5H3. The van der Waals surface area contributed by atoms with Gasteiger partial charge in [0.2, 0.25) is 0 Å². The van der Waals surface area contributed by atoms with Gasteiger partial charge in [0.15, 0.2) is 0 Å². The molecule has 0 N–H and O–H groups in total. The van der Waals surface area contributed by atoms with Crippen LogP contribution in [0.3, 0.4) is 0 Å². The van der Waals surface area contributed by atoms with Crippen LogP contribution in [-0.2, 0) is 19.3 Å². The summed E-state index contributed by atoms with van der Waals surface area (Å²) in [6.45, 7) is 9.51. The average Bonchev–Trinajstić information content (AvgIpc) is 2.49. The fourth-order valence-corrected chi connectivity index (χ4v) is 3.25. The monoisotopic (exact) mass is 366 g/mol. The molecular weight excluding hydrogens is 340 g/mol. The maximum atomic E-state index is 14.9. The number of hydrogen-bond acceptors (Lipinski definition) is 0. The van der Waals surface area contributed by atoms with Crippen molar-refractivity contribution in [1.29, 1.82) is 0 Å². The summed E-state index contributed by atoms with van der Waals surface area (Å²) < 4.78 is 56.3. The van der Waals surface area contributed by atoms with E-state index in [9.17, 15) is 17.6 Å². The molecule has 0 spiro atoms. The van der Waals surface area contributed by atoms with Crippen molar-refractivity contribution in [3.63, 3.8) is 0 Å². The fourth-order valence-electron chi connectivity index (χ4n) is 3.25. The third-order valence-electron chi connectivity index (χ3n) is 4.32. The Kier molecular flexibility index (Phi) is 5.84. The first-order chi connectivity index (χ1) is 11.9. The van der Waals surface area contributed by atoms with Gasteiger partial charge in [-0.05, 0) is 65.5 Å². The minimum Gasteiger partial charge on any atom is -0.207 e. The third kappa shape index (κ3) is 5.33. The summed E-state index contributed by atoms with van der Waals surface area (Å²) in [5, 5.41) is 0. The van der Waals surface area contributed by atoms with Gasteiger partial charge >= 0.3 is 0 Å². The zero-order valence-electron chi connectivity index (χ0n) is 16.0. The normalized spacial score (nSPS) is 12.5. The summed E-state index contributed by atoms with van der Waals surface area (Å²) in [6.07, 6.45) is 0.839. The molecule has 0 saturated carbocycles. The number of benzene rings is 2. The lowest BCUT2D eigenvalue weighted by Crippen LogP contribution is -2.21. The Morgan fingerprint density at radius 2 is 1.27 bits per heavy atom. The molecule has 2 aromatic rings. The molecule has 0 saturated heterocycles. The molecule has 0 radical (unpaired) electrons. The van der Waals surface area contributed by atoms with E-state index in [1.165, 1.54) is 18.2 Å². The van der Waals surface area contributed by atoms with Crippen LogP contribution in [0.25, 0.3) is 0 Å². The molecule has 0 bridgehead atoms. The van der Waals surface area contributed by atoms with Crippen molar-refractivity contribution in [2.75, 3.05) is 0 Å². The molecule has 0 unspecified atom stereocenters. The Balaban J connectivity index is 2.29. The quantitative estimate of drug-likeness (QED) is 0.520. The molecule has 0 aliphatic rings. The lowest BCUT2D eigenvalue weighted by molar-refractivity contribution is 0.344. The van der Waals surface area contributed by atoms with E-state index < -0.39 is 28.7 Å². The summed E-state index contributed by atoms with van der Waals surface area (Å²) >= 11 is 0. The van der Waals surface area contributed by atoms with Crippen LogP contribution in [0.1, 0.15) is 51.3 Å². The van der Waals surface area contributed by atoms with Crippen LogP contribution in [-0.4, -0.2) is 0 Å². The van der Waals surface area contributed by atoms with Crippen molar-refractivity contribution in [2.45, 2.75) is 53.9 Å². The Hall–Kier alpha value is -1.84. The van der Waals surface area contributed by atoms with Crippen molar-refractivity contribution in [3.05, 3.63) is 70.3 Å². The Morgan fingerprint density at radius 1 is 0.692 bits per heavy atom. The summed E-state index contributed by atoms with van der Waals surface area (Å²) in [6, 6.07) is 6.08. The highest BCUT2D eigenvalue weighted by atomic mass is 19.1. The molecule has 0 nitrogen and oxygen atoms in total. The molecule has 0 aromatic heterocycles. The number of rotatable bonds is 5. The van der Waals surface area contributed by atoms with Gasteiger partial charge in [-0.3, -0.25) is 0 Å². The second kappa shape index (κ2) is 7.42. The van der Waals surface area contributed by atoms with Crippen LogP contribution in [0.15, 0.2) is 30.3 Å². The van der Waals surface area contributed by atoms with Gasteiger partial charge in [-0.15, -0.1) is 0 Å². The zero-order chi connectivity index (χ0) is 19.7. The van der Waals surface area contributed by atoms with Gasteiger partial charge in [0, 0.05) is 5.56 Å². The predicted octanol–water partition coefficient (Wildman–Crippen LogP) is 6.64. The summed E-state index contributed by atoms with van der Waals surface area (Å²) in [5.41, 5.74) is -0.0325. The third-order valence-corrected chi connectivity index (χ3v) is 4.32. The SMILES string of the molecule is CC(C)(C)Cc1c(F)ccc(CC(C)(C)Cc2cc(F)ccc2F)c1F. The van der Waals surface area contributed by atoms with Gasteiger partial charge in [-0.25, -0.2) is 17.6 Å². The molecule has 0 atom stereocenters. The van der Waals surface area contributed by atoms with Crippen LogP contribution in [0, 0.1) is 34.1 Å². The minimum atomic E-state index is -0.546. The molecular formula is C22H26F4. The van der Waals surface area contributed by atoms with E-state index in [0.717, 1.165) is 12.1 Å². The molecule has 0 aliphatic heterocycles. The highest BCUT2D eigenvalue weighted by Crippen LogP contribution is 2.32. The van der Waals surface area contributed by atoms with E-state index in [4.69, 9.17) is 0 Å². The fraction of sp³-hybridized carbons (Fsp3) is 0.455. The summed E-state index contributed by atoms with van der Waals surface area (Å²) in [7, 11) is 0. The highest BCUT2D eigenvalue weighted by Gasteiger charge is 2.26. The van der Waals surface area contributed by atoms with Crippen LogP contribution in [0.5, 0.6) is 0 Å². The van der Waals surface area contributed by atoms with Crippen LogP contribution >= 0.6 is 0 Å². The van der Waals surface area contributed by atoms with E-state index in [1.54, 1.807) is 0 Å². The smallest absolute Gasteiger partial charge is 0.132 e. The van der Waals surface area contributed by atoms with Gasteiger partial charge in [0.1, 0.15) is 23.3 Å². The number of hydrogen-bond donors (Lipinski definition) is 0. The summed E-state index contributed by atoms with van der Waals surface area (Å²) in [4.78, 5) is 0. The molecule has 0 heterocycles. The van der Waals surface area contributed by atoms with Crippen molar-refractivity contribution in [2.24, 2.45) is 10.8 Å². The van der Waals surface area contributed by atoms with Gasteiger partial charge in [0.05, 0.1) is 0 Å². The molecule has 0 fully saturated rings. The maximum Gasteiger partial charge on any atom is 0.132 e. The molecule has 0 aliphatic carbocycles. The second-order valence-corrected chi connectivity index (χ2v) is 8.99. The molecule has 2 rings (SSSR count). The average molecular weight is 366 g/mol. The van der Waals surface area contributed by atoms with Crippen molar-refractivity contribution in [1.82, 2.24) is 0 Å². The number of halogens is 4. The van der Waals surface area contributed by atoms with E-state index in [0.29, 0.717) is 12.0 Å². The topological polar surface area (TPSA) is 0 Å². The maximum absolute atomic E-state index is 14.9. The largest absolute Gasteiger partial charge is 0.207 e. The van der Waals surface area contributed by atoms with Gasteiger partial charge in [0.25, 0.3) is 0 Å². The van der Waals surface area contributed by atoms with Crippen LogP contribution in [0.2, 0.25) is 0 Å². The van der Waals surface area contributed by atoms with Gasteiger partial charge in [-0.1, -0.05) is 40.7 Å². The van der Waals surface area contributed by atoms with Crippen molar-refractivity contribution < 1.29 is 17.6 Å². The molecule has 4 heteroatoms.